The highest BCUT2D eigenvalue weighted by Gasteiger charge is 2.29. The SMILES string of the molecule is N#CCC[n+]1c(O)c(C(=O)CCl)n2ccccc21. The van der Waals surface area contributed by atoms with Crippen molar-refractivity contribution in [1.29, 1.82) is 5.26 Å². The minimum absolute atomic E-state index is 0.151. The first kappa shape index (κ1) is 12.4. The second-order valence-corrected chi connectivity index (χ2v) is 3.98. The molecule has 0 atom stereocenters. The van der Waals surface area contributed by atoms with Crippen LogP contribution < -0.4 is 4.57 Å². The summed E-state index contributed by atoms with van der Waals surface area (Å²) in [5.74, 6) is -0.708. The molecule has 5 nitrogen and oxygen atoms in total. The van der Waals surface area contributed by atoms with E-state index in [1.807, 2.05) is 6.07 Å². The summed E-state index contributed by atoms with van der Waals surface area (Å²) < 4.78 is 3.11. The molecule has 92 valence electrons. The molecule has 2 aromatic heterocycles. The fourth-order valence-electron chi connectivity index (χ4n) is 1.89. The molecule has 0 saturated heterocycles. The van der Waals surface area contributed by atoms with Crippen molar-refractivity contribution in [2.45, 2.75) is 13.0 Å². The van der Waals surface area contributed by atoms with Gasteiger partial charge in [-0.25, -0.2) is 0 Å². The Hall–Kier alpha value is -2.06. The molecule has 0 saturated carbocycles. The van der Waals surface area contributed by atoms with Crippen LogP contribution in [0.2, 0.25) is 0 Å². The molecule has 0 amide bonds. The van der Waals surface area contributed by atoms with E-state index in [-0.39, 0.29) is 29.7 Å². The molecule has 0 fully saturated rings. The number of aromatic nitrogens is 2. The van der Waals surface area contributed by atoms with Gasteiger partial charge < -0.3 is 5.11 Å². The molecule has 0 bridgehead atoms. The van der Waals surface area contributed by atoms with Gasteiger partial charge in [-0.1, -0.05) is 6.07 Å². The average Bonchev–Trinajstić information content (AvgIpc) is 2.68. The summed E-state index contributed by atoms with van der Waals surface area (Å²) >= 11 is 5.54. The van der Waals surface area contributed by atoms with Crippen LogP contribution in [0.3, 0.4) is 0 Å². The lowest BCUT2D eigenvalue weighted by Crippen LogP contribution is -2.32. The van der Waals surface area contributed by atoms with Gasteiger partial charge in [-0.3, -0.25) is 4.79 Å². The minimum atomic E-state index is -0.355. The monoisotopic (exact) mass is 264 g/mol. The second kappa shape index (κ2) is 5.07. The number of nitriles is 1. The number of aromatic hydroxyl groups is 1. The molecular weight excluding hydrogens is 254 g/mol. The Morgan fingerprint density at radius 3 is 3.00 bits per heavy atom. The molecule has 1 N–H and O–H groups in total. The van der Waals surface area contributed by atoms with Crippen LogP contribution >= 0.6 is 11.6 Å². The van der Waals surface area contributed by atoms with E-state index < -0.39 is 0 Å². The Balaban J connectivity index is 2.68. The Labute approximate surface area is 108 Å². The maximum atomic E-state index is 11.7. The lowest BCUT2D eigenvalue weighted by atomic mass is 10.3. The molecular formula is C12H11ClN3O2+. The first-order valence-corrected chi connectivity index (χ1v) is 5.92. The number of aryl methyl sites for hydroxylation is 1. The molecule has 18 heavy (non-hydrogen) atoms. The van der Waals surface area contributed by atoms with Crippen LogP contribution in [0.15, 0.2) is 24.4 Å². The van der Waals surface area contributed by atoms with E-state index in [0.29, 0.717) is 12.2 Å². The molecule has 0 spiro atoms. The number of imidazole rings is 1. The van der Waals surface area contributed by atoms with Gasteiger partial charge in [0.1, 0.15) is 6.54 Å². The summed E-state index contributed by atoms with van der Waals surface area (Å²) in [5.41, 5.74) is 0.803. The number of halogens is 1. The van der Waals surface area contributed by atoms with Crippen molar-refractivity contribution >= 4 is 23.0 Å². The Bertz CT molecular complexity index is 643. The van der Waals surface area contributed by atoms with Crippen molar-refractivity contribution in [3.05, 3.63) is 30.1 Å². The number of alkyl halides is 1. The van der Waals surface area contributed by atoms with Gasteiger partial charge in [-0.05, 0) is 6.07 Å². The zero-order valence-electron chi connectivity index (χ0n) is 9.51. The molecule has 2 rings (SSSR count). The van der Waals surface area contributed by atoms with Gasteiger partial charge in [0.25, 0.3) is 11.3 Å². The highest BCUT2D eigenvalue weighted by molar-refractivity contribution is 6.30. The molecule has 2 heterocycles. The summed E-state index contributed by atoms with van der Waals surface area (Å²) in [6.07, 6.45) is 1.93. The molecule has 0 radical (unpaired) electrons. The Morgan fingerprint density at radius 2 is 2.33 bits per heavy atom. The lowest BCUT2D eigenvalue weighted by Gasteiger charge is -1.93. The summed E-state index contributed by atoms with van der Waals surface area (Å²) in [7, 11) is 0. The molecule has 0 aliphatic carbocycles. The highest BCUT2D eigenvalue weighted by atomic mass is 35.5. The predicted octanol–water partition coefficient (Wildman–Crippen LogP) is 1.27. The third-order valence-corrected chi connectivity index (χ3v) is 2.90. The van der Waals surface area contributed by atoms with E-state index in [1.54, 1.807) is 28.8 Å². The zero-order valence-corrected chi connectivity index (χ0v) is 10.3. The second-order valence-electron chi connectivity index (χ2n) is 3.72. The number of rotatable bonds is 4. The lowest BCUT2D eigenvalue weighted by molar-refractivity contribution is -0.675. The first-order valence-electron chi connectivity index (χ1n) is 5.38. The van der Waals surface area contributed by atoms with E-state index in [4.69, 9.17) is 16.9 Å². The van der Waals surface area contributed by atoms with E-state index in [1.165, 1.54) is 4.57 Å². The summed E-state index contributed by atoms with van der Waals surface area (Å²) in [4.78, 5) is 11.7. The van der Waals surface area contributed by atoms with Gasteiger partial charge >= 0.3 is 5.88 Å². The van der Waals surface area contributed by atoms with Crippen LogP contribution in [0.1, 0.15) is 16.9 Å². The van der Waals surface area contributed by atoms with Gasteiger partial charge in [0.05, 0.1) is 24.6 Å². The maximum absolute atomic E-state index is 11.7. The number of Topliss-reactive ketones (excluding diaryl/α,β-unsaturated/α-hetero) is 1. The maximum Gasteiger partial charge on any atom is 0.334 e. The van der Waals surface area contributed by atoms with E-state index >= 15 is 0 Å². The van der Waals surface area contributed by atoms with Crippen molar-refractivity contribution < 1.29 is 14.5 Å². The van der Waals surface area contributed by atoms with E-state index in [0.717, 1.165) is 0 Å². The standard InChI is InChI=1S/C12H10ClN3O2/c13-8-9(17)11-12(18)16(7-3-5-14)10-4-1-2-6-15(10)11/h1-2,4,6H,3,7-8H2/p+1. The minimum Gasteiger partial charge on any atom is -0.475 e. The number of hydrogen-bond donors (Lipinski definition) is 1. The number of ketones is 1. The smallest absolute Gasteiger partial charge is 0.334 e. The van der Waals surface area contributed by atoms with Gasteiger partial charge in [0.15, 0.2) is 0 Å². The van der Waals surface area contributed by atoms with Crippen LogP contribution in [0, 0.1) is 11.3 Å². The molecule has 2 aromatic rings. The molecule has 0 aliphatic heterocycles. The number of pyridine rings is 1. The largest absolute Gasteiger partial charge is 0.475 e. The van der Waals surface area contributed by atoms with Crippen molar-refractivity contribution in [2.24, 2.45) is 0 Å². The zero-order chi connectivity index (χ0) is 13.1. The number of carbonyl (C=O) groups is 1. The van der Waals surface area contributed by atoms with Crippen LogP contribution in [0.25, 0.3) is 5.65 Å². The van der Waals surface area contributed by atoms with Gasteiger partial charge in [-0.15, -0.1) is 11.6 Å². The number of carbonyl (C=O) groups excluding carboxylic acids is 1. The Kier molecular flexibility index (Phi) is 3.49. The normalized spacial score (nSPS) is 10.4. The molecule has 6 heteroatoms. The first-order chi connectivity index (χ1) is 8.70. The Morgan fingerprint density at radius 1 is 1.56 bits per heavy atom. The molecule has 0 unspecified atom stereocenters. The fourth-order valence-corrected chi connectivity index (χ4v) is 2.02. The number of fused-ring (bicyclic) bond motifs is 1. The van der Waals surface area contributed by atoms with Gasteiger partial charge in [0.2, 0.25) is 5.78 Å². The predicted molar refractivity (Wildman–Crippen MR) is 64.5 cm³/mol. The summed E-state index contributed by atoms with van der Waals surface area (Å²) in [6, 6.07) is 7.33. The van der Waals surface area contributed by atoms with Gasteiger partial charge in [-0.2, -0.15) is 14.2 Å². The van der Waals surface area contributed by atoms with Crippen molar-refractivity contribution in [3.63, 3.8) is 0 Å². The van der Waals surface area contributed by atoms with Crippen LogP contribution in [-0.4, -0.2) is 21.2 Å². The number of hydrogen-bond acceptors (Lipinski definition) is 3. The quantitative estimate of drug-likeness (QED) is 0.514. The van der Waals surface area contributed by atoms with Crippen LogP contribution in [0.4, 0.5) is 0 Å². The highest BCUT2D eigenvalue weighted by Crippen LogP contribution is 2.18. The van der Waals surface area contributed by atoms with E-state index in [2.05, 4.69) is 0 Å². The summed E-state index contributed by atoms with van der Waals surface area (Å²) in [5, 5.41) is 18.7. The van der Waals surface area contributed by atoms with Crippen LogP contribution in [-0.2, 0) is 6.54 Å². The average molecular weight is 265 g/mol. The number of nitrogens with zero attached hydrogens (tertiary/aromatic N) is 3. The van der Waals surface area contributed by atoms with Crippen LogP contribution in [0.5, 0.6) is 5.88 Å². The molecule has 0 aromatic carbocycles. The topological polar surface area (TPSA) is 69.4 Å². The van der Waals surface area contributed by atoms with Crippen molar-refractivity contribution in [3.8, 4) is 11.9 Å². The summed E-state index contributed by atoms with van der Waals surface area (Å²) in [6.45, 7) is 0.325. The van der Waals surface area contributed by atoms with Crippen molar-refractivity contribution in [2.75, 3.05) is 5.88 Å². The third kappa shape index (κ3) is 1.91. The van der Waals surface area contributed by atoms with E-state index in [9.17, 15) is 9.90 Å². The van der Waals surface area contributed by atoms with Crippen molar-refractivity contribution in [1.82, 2.24) is 4.40 Å². The fraction of sp³-hybridized carbons (Fsp3) is 0.250. The third-order valence-electron chi connectivity index (χ3n) is 2.66. The molecule has 0 aliphatic rings. The van der Waals surface area contributed by atoms with Gasteiger partial charge in [0, 0.05) is 6.07 Å².